The fourth-order valence-electron chi connectivity index (χ4n) is 2.66. The van der Waals surface area contributed by atoms with Gasteiger partial charge in [-0.25, -0.2) is 4.79 Å². The normalized spacial score (nSPS) is 13.7. The van der Waals surface area contributed by atoms with Crippen LogP contribution in [-0.4, -0.2) is 12.6 Å². The van der Waals surface area contributed by atoms with Crippen LogP contribution in [0, 0.1) is 6.92 Å². The Morgan fingerprint density at radius 2 is 1.95 bits per heavy atom. The monoisotopic (exact) mass is 281 g/mol. The van der Waals surface area contributed by atoms with Gasteiger partial charge in [-0.2, -0.15) is 0 Å². The molecule has 0 saturated carbocycles. The van der Waals surface area contributed by atoms with Gasteiger partial charge in [-0.3, -0.25) is 4.90 Å². The van der Waals surface area contributed by atoms with Crippen LogP contribution in [0.5, 0.6) is 0 Å². The van der Waals surface area contributed by atoms with Gasteiger partial charge in [0, 0.05) is 23.6 Å². The third kappa shape index (κ3) is 2.84. The Bertz CT molecular complexity index is 664. The quantitative estimate of drug-likeness (QED) is 0.785. The Kier molecular flexibility index (Phi) is 3.52. The standard InChI is InChI=1S/C17H19N3O/c1-12-4-7-15(8-5-12)19-17(21)20-10-2-3-13-11-14(18)6-9-16(13)20/h4-9,11H,2-3,10,18H2,1H3,(H,19,21). The number of benzene rings is 2. The zero-order chi connectivity index (χ0) is 14.8. The van der Waals surface area contributed by atoms with Crippen LogP contribution in [0.15, 0.2) is 42.5 Å². The molecule has 2 aromatic carbocycles. The first kappa shape index (κ1) is 13.5. The maximum Gasteiger partial charge on any atom is 0.326 e. The molecule has 0 atom stereocenters. The van der Waals surface area contributed by atoms with Crippen molar-refractivity contribution in [2.75, 3.05) is 22.5 Å². The average Bonchev–Trinajstić information content (AvgIpc) is 2.48. The van der Waals surface area contributed by atoms with E-state index in [4.69, 9.17) is 5.73 Å². The van der Waals surface area contributed by atoms with Crippen LogP contribution in [0.25, 0.3) is 0 Å². The first-order valence-corrected chi connectivity index (χ1v) is 7.17. The van der Waals surface area contributed by atoms with Crippen molar-refractivity contribution in [1.82, 2.24) is 0 Å². The molecule has 3 rings (SSSR count). The highest BCUT2D eigenvalue weighted by molar-refractivity contribution is 6.02. The van der Waals surface area contributed by atoms with Crippen LogP contribution < -0.4 is 16.0 Å². The number of nitrogens with one attached hydrogen (secondary N) is 1. The number of anilines is 3. The zero-order valence-electron chi connectivity index (χ0n) is 12.1. The highest BCUT2D eigenvalue weighted by Crippen LogP contribution is 2.29. The number of rotatable bonds is 1. The lowest BCUT2D eigenvalue weighted by atomic mass is 10.0. The van der Waals surface area contributed by atoms with Crippen LogP contribution in [0.1, 0.15) is 17.5 Å². The topological polar surface area (TPSA) is 58.4 Å². The summed E-state index contributed by atoms with van der Waals surface area (Å²) < 4.78 is 0. The van der Waals surface area contributed by atoms with Gasteiger partial charge in [0.2, 0.25) is 0 Å². The third-order valence-electron chi connectivity index (χ3n) is 3.77. The molecule has 1 aliphatic heterocycles. The van der Waals surface area contributed by atoms with E-state index in [1.807, 2.05) is 49.4 Å². The first-order valence-electron chi connectivity index (χ1n) is 7.17. The summed E-state index contributed by atoms with van der Waals surface area (Å²) in [6, 6.07) is 13.4. The Morgan fingerprint density at radius 1 is 1.19 bits per heavy atom. The lowest BCUT2D eigenvalue weighted by Crippen LogP contribution is -2.38. The van der Waals surface area contributed by atoms with Crippen molar-refractivity contribution in [2.24, 2.45) is 0 Å². The summed E-state index contributed by atoms with van der Waals surface area (Å²) in [5.74, 6) is 0. The minimum Gasteiger partial charge on any atom is -0.399 e. The summed E-state index contributed by atoms with van der Waals surface area (Å²) in [4.78, 5) is 14.3. The van der Waals surface area contributed by atoms with Crippen LogP contribution in [0.4, 0.5) is 21.9 Å². The van der Waals surface area contributed by atoms with E-state index in [1.54, 1.807) is 4.90 Å². The molecule has 108 valence electrons. The molecule has 3 N–H and O–H groups in total. The van der Waals surface area contributed by atoms with Gasteiger partial charge in [0.05, 0.1) is 0 Å². The van der Waals surface area contributed by atoms with Gasteiger partial charge in [-0.1, -0.05) is 17.7 Å². The predicted octanol–water partition coefficient (Wildman–Crippen LogP) is 3.56. The number of nitrogen functional groups attached to an aromatic ring is 1. The minimum absolute atomic E-state index is 0.0930. The number of fused-ring (bicyclic) bond motifs is 1. The van der Waals surface area contributed by atoms with E-state index in [0.717, 1.165) is 42.0 Å². The maximum absolute atomic E-state index is 12.5. The second kappa shape index (κ2) is 5.48. The van der Waals surface area contributed by atoms with E-state index in [1.165, 1.54) is 5.56 Å². The number of urea groups is 1. The Labute approximate surface area is 124 Å². The van der Waals surface area contributed by atoms with E-state index in [-0.39, 0.29) is 6.03 Å². The second-order valence-corrected chi connectivity index (χ2v) is 5.44. The smallest absolute Gasteiger partial charge is 0.326 e. The number of carbonyl (C=O) groups excluding carboxylic acids is 1. The molecule has 0 aromatic heterocycles. The van der Waals surface area contributed by atoms with E-state index >= 15 is 0 Å². The number of nitrogens with two attached hydrogens (primary N) is 1. The zero-order valence-corrected chi connectivity index (χ0v) is 12.1. The molecule has 2 amide bonds. The van der Waals surface area contributed by atoms with Crippen LogP contribution in [-0.2, 0) is 6.42 Å². The fourth-order valence-corrected chi connectivity index (χ4v) is 2.66. The molecule has 0 bridgehead atoms. The lowest BCUT2D eigenvalue weighted by molar-refractivity contribution is 0.256. The largest absolute Gasteiger partial charge is 0.399 e. The Morgan fingerprint density at radius 3 is 2.71 bits per heavy atom. The molecular formula is C17H19N3O. The van der Waals surface area contributed by atoms with E-state index in [2.05, 4.69) is 5.32 Å². The molecule has 4 nitrogen and oxygen atoms in total. The molecule has 1 heterocycles. The van der Waals surface area contributed by atoms with Gasteiger partial charge in [0.25, 0.3) is 0 Å². The number of amides is 2. The van der Waals surface area contributed by atoms with Crippen LogP contribution in [0.3, 0.4) is 0 Å². The molecule has 0 spiro atoms. The SMILES string of the molecule is Cc1ccc(NC(=O)N2CCCc3cc(N)ccc32)cc1. The molecule has 2 aromatic rings. The van der Waals surface area contributed by atoms with Crippen molar-refractivity contribution in [1.29, 1.82) is 0 Å². The van der Waals surface area contributed by atoms with Crippen molar-refractivity contribution in [3.63, 3.8) is 0 Å². The third-order valence-corrected chi connectivity index (χ3v) is 3.77. The summed E-state index contributed by atoms with van der Waals surface area (Å²) in [6.07, 6.45) is 1.92. The molecule has 0 aliphatic carbocycles. The number of hydrogen-bond acceptors (Lipinski definition) is 2. The summed E-state index contributed by atoms with van der Waals surface area (Å²) in [5.41, 5.74) is 10.7. The molecular weight excluding hydrogens is 262 g/mol. The number of carbonyl (C=O) groups is 1. The highest BCUT2D eigenvalue weighted by atomic mass is 16.2. The number of nitrogens with zero attached hydrogens (tertiary/aromatic N) is 1. The van der Waals surface area contributed by atoms with Crippen molar-refractivity contribution in [3.8, 4) is 0 Å². The maximum atomic E-state index is 12.5. The summed E-state index contributed by atoms with van der Waals surface area (Å²) >= 11 is 0. The molecule has 21 heavy (non-hydrogen) atoms. The van der Waals surface area contributed by atoms with Gasteiger partial charge >= 0.3 is 6.03 Å². The summed E-state index contributed by atoms with van der Waals surface area (Å²) in [7, 11) is 0. The Balaban J connectivity index is 1.81. The molecule has 1 aliphatic rings. The fraction of sp³-hybridized carbons (Fsp3) is 0.235. The molecule has 4 heteroatoms. The van der Waals surface area contributed by atoms with Crippen molar-refractivity contribution in [2.45, 2.75) is 19.8 Å². The van der Waals surface area contributed by atoms with Crippen molar-refractivity contribution in [3.05, 3.63) is 53.6 Å². The molecule has 0 unspecified atom stereocenters. The van der Waals surface area contributed by atoms with E-state index in [9.17, 15) is 4.79 Å². The predicted molar refractivity (Wildman–Crippen MR) is 86.7 cm³/mol. The van der Waals surface area contributed by atoms with E-state index in [0.29, 0.717) is 0 Å². The van der Waals surface area contributed by atoms with Crippen LogP contribution in [0.2, 0.25) is 0 Å². The van der Waals surface area contributed by atoms with Gasteiger partial charge < -0.3 is 11.1 Å². The van der Waals surface area contributed by atoms with Gasteiger partial charge in [0.1, 0.15) is 0 Å². The molecule has 0 radical (unpaired) electrons. The minimum atomic E-state index is -0.0930. The van der Waals surface area contributed by atoms with Crippen molar-refractivity contribution < 1.29 is 4.79 Å². The lowest BCUT2D eigenvalue weighted by Gasteiger charge is -2.29. The Hall–Kier alpha value is -2.49. The van der Waals surface area contributed by atoms with Crippen molar-refractivity contribution >= 4 is 23.1 Å². The molecule has 0 saturated heterocycles. The summed E-state index contributed by atoms with van der Waals surface area (Å²) in [6.45, 7) is 2.76. The molecule has 0 fully saturated rings. The average molecular weight is 281 g/mol. The number of hydrogen-bond donors (Lipinski definition) is 2. The van der Waals surface area contributed by atoms with Gasteiger partial charge in [-0.15, -0.1) is 0 Å². The number of aryl methyl sites for hydroxylation is 2. The van der Waals surface area contributed by atoms with Gasteiger partial charge in [0.15, 0.2) is 0 Å². The second-order valence-electron chi connectivity index (χ2n) is 5.44. The van der Waals surface area contributed by atoms with Gasteiger partial charge in [-0.05, 0) is 55.7 Å². The van der Waals surface area contributed by atoms with Crippen LogP contribution >= 0.6 is 0 Å². The first-order chi connectivity index (χ1) is 10.1. The van der Waals surface area contributed by atoms with E-state index < -0.39 is 0 Å². The highest BCUT2D eigenvalue weighted by Gasteiger charge is 2.22. The summed E-state index contributed by atoms with van der Waals surface area (Å²) in [5, 5.41) is 2.95.